The molecule has 2 aliphatic rings. The summed E-state index contributed by atoms with van der Waals surface area (Å²) in [5.74, 6) is -0.238. The van der Waals surface area contributed by atoms with Gasteiger partial charge in [0.05, 0.1) is 17.2 Å². The Labute approximate surface area is 157 Å². The van der Waals surface area contributed by atoms with Crippen molar-refractivity contribution in [3.8, 4) is 0 Å². The first-order valence-electron chi connectivity index (χ1n) is 9.37. The molecule has 1 unspecified atom stereocenters. The Kier molecular flexibility index (Phi) is 4.55. The standard InChI is InChI=1S/C19H23N5O3/c1-21-13-14(12-20-21)17-5-4-10-23(17)15-6-7-18(24(26)27)16(11-15)19(25)22-8-2-3-9-22/h6-7,11-13,17H,2-5,8-10H2,1H3. The van der Waals surface area contributed by atoms with E-state index in [-0.39, 0.29) is 23.2 Å². The van der Waals surface area contributed by atoms with Crippen molar-refractivity contribution < 1.29 is 9.72 Å². The number of aromatic nitrogens is 2. The van der Waals surface area contributed by atoms with E-state index in [1.165, 1.54) is 6.07 Å². The first kappa shape index (κ1) is 17.5. The SMILES string of the molecule is Cn1cc(C2CCCN2c2ccc([N+](=O)[O-])c(C(=O)N3CCCC3)c2)cn1. The molecule has 8 heteroatoms. The van der Waals surface area contributed by atoms with E-state index in [0.717, 1.165) is 43.5 Å². The Balaban J connectivity index is 1.69. The van der Waals surface area contributed by atoms with Gasteiger partial charge in [0.2, 0.25) is 0 Å². The maximum Gasteiger partial charge on any atom is 0.282 e. The topological polar surface area (TPSA) is 84.5 Å². The highest BCUT2D eigenvalue weighted by Gasteiger charge is 2.31. The molecule has 0 radical (unpaired) electrons. The number of nitro groups is 1. The smallest absolute Gasteiger partial charge is 0.282 e. The van der Waals surface area contributed by atoms with Crippen LogP contribution in [0.5, 0.6) is 0 Å². The highest BCUT2D eigenvalue weighted by Crippen LogP contribution is 2.38. The summed E-state index contributed by atoms with van der Waals surface area (Å²) in [4.78, 5) is 27.8. The molecule has 0 bridgehead atoms. The molecule has 0 aliphatic carbocycles. The molecular weight excluding hydrogens is 346 g/mol. The fraction of sp³-hybridized carbons (Fsp3) is 0.474. The number of hydrogen-bond donors (Lipinski definition) is 0. The zero-order valence-corrected chi connectivity index (χ0v) is 15.4. The summed E-state index contributed by atoms with van der Waals surface area (Å²) in [6, 6.07) is 5.10. The monoisotopic (exact) mass is 369 g/mol. The first-order valence-corrected chi connectivity index (χ1v) is 9.37. The average molecular weight is 369 g/mol. The van der Waals surface area contributed by atoms with E-state index < -0.39 is 4.92 Å². The Morgan fingerprint density at radius 3 is 2.67 bits per heavy atom. The molecule has 8 nitrogen and oxygen atoms in total. The van der Waals surface area contributed by atoms with Crippen LogP contribution in [0.15, 0.2) is 30.6 Å². The van der Waals surface area contributed by atoms with Gasteiger partial charge in [-0.3, -0.25) is 19.6 Å². The van der Waals surface area contributed by atoms with Gasteiger partial charge in [-0.05, 0) is 37.8 Å². The van der Waals surface area contributed by atoms with E-state index in [4.69, 9.17) is 0 Å². The van der Waals surface area contributed by atoms with Crippen molar-refractivity contribution in [1.82, 2.24) is 14.7 Å². The lowest BCUT2D eigenvalue weighted by Gasteiger charge is -2.27. The number of benzene rings is 1. The van der Waals surface area contributed by atoms with Gasteiger partial charge in [0.15, 0.2) is 0 Å². The molecule has 1 atom stereocenters. The second-order valence-corrected chi connectivity index (χ2v) is 7.26. The van der Waals surface area contributed by atoms with Gasteiger partial charge in [0, 0.05) is 50.2 Å². The van der Waals surface area contributed by atoms with Crippen LogP contribution in [-0.2, 0) is 7.05 Å². The van der Waals surface area contributed by atoms with Crippen LogP contribution in [0.3, 0.4) is 0 Å². The number of amides is 1. The highest BCUT2D eigenvalue weighted by molar-refractivity contribution is 5.99. The molecule has 0 N–H and O–H groups in total. The summed E-state index contributed by atoms with van der Waals surface area (Å²) in [5.41, 5.74) is 2.05. The lowest BCUT2D eigenvalue weighted by atomic mass is 10.1. The number of aryl methyl sites for hydroxylation is 1. The summed E-state index contributed by atoms with van der Waals surface area (Å²) in [7, 11) is 1.89. The van der Waals surface area contributed by atoms with Crippen LogP contribution in [-0.4, -0.2) is 45.1 Å². The minimum absolute atomic E-state index is 0.118. The molecule has 4 rings (SSSR count). The predicted molar refractivity (Wildman–Crippen MR) is 101 cm³/mol. The van der Waals surface area contributed by atoms with Crippen molar-refractivity contribution in [1.29, 1.82) is 0 Å². The first-order chi connectivity index (χ1) is 13.0. The molecule has 2 saturated heterocycles. The number of carbonyl (C=O) groups is 1. The van der Waals surface area contributed by atoms with Crippen molar-refractivity contribution in [3.05, 3.63) is 51.8 Å². The molecule has 3 heterocycles. The van der Waals surface area contributed by atoms with Gasteiger partial charge in [-0.2, -0.15) is 5.10 Å². The Hall–Kier alpha value is -2.90. The minimum Gasteiger partial charge on any atom is -0.364 e. The van der Waals surface area contributed by atoms with Crippen molar-refractivity contribution >= 4 is 17.3 Å². The molecule has 142 valence electrons. The minimum atomic E-state index is -0.463. The third kappa shape index (κ3) is 3.27. The second kappa shape index (κ2) is 7.02. The van der Waals surface area contributed by atoms with Crippen LogP contribution in [0, 0.1) is 10.1 Å². The van der Waals surface area contributed by atoms with E-state index in [2.05, 4.69) is 10.00 Å². The van der Waals surface area contributed by atoms with Gasteiger partial charge in [-0.25, -0.2) is 0 Å². The van der Waals surface area contributed by atoms with Crippen molar-refractivity contribution in [2.45, 2.75) is 31.7 Å². The molecular formula is C19H23N5O3. The normalized spacial score (nSPS) is 19.7. The van der Waals surface area contributed by atoms with Crippen molar-refractivity contribution in [3.63, 3.8) is 0 Å². The zero-order valence-electron chi connectivity index (χ0n) is 15.4. The van der Waals surface area contributed by atoms with E-state index in [0.29, 0.717) is 13.1 Å². The summed E-state index contributed by atoms with van der Waals surface area (Å²) >= 11 is 0. The fourth-order valence-corrected chi connectivity index (χ4v) is 4.16. The number of likely N-dealkylation sites (tertiary alicyclic amines) is 1. The summed E-state index contributed by atoms with van der Waals surface area (Å²) in [6.45, 7) is 2.19. The van der Waals surface area contributed by atoms with Gasteiger partial charge in [-0.15, -0.1) is 0 Å². The summed E-state index contributed by atoms with van der Waals surface area (Å²) in [6.07, 6.45) is 7.81. The number of nitro benzene ring substituents is 1. The highest BCUT2D eigenvalue weighted by atomic mass is 16.6. The molecule has 0 saturated carbocycles. The van der Waals surface area contributed by atoms with Crippen LogP contribution >= 0.6 is 0 Å². The van der Waals surface area contributed by atoms with Crippen LogP contribution < -0.4 is 4.90 Å². The predicted octanol–water partition coefficient (Wildman–Crippen LogP) is 2.91. The largest absolute Gasteiger partial charge is 0.364 e. The number of rotatable bonds is 4. The molecule has 2 fully saturated rings. The molecule has 1 amide bonds. The quantitative estimate of drug-likeness (QED) is 0.611. The lowest BCUT2D eigenvalue weighted by molar-refractivity contribution is -0.385. The third-order valence-electron chi connectivity index (χ3n) is 5.49. The van der Waals surface area contributed by atoms with Gasteiger partial charge < -0.3 is 9.80 Å². The molecule has 2 aliphatic heterocycles. The van der Waals surface area contributed by atoms with E-state index in [9.17, 15) is 14.9 Å². The van der Waals surface area contributed by atoms with Gasteiger partial charge in [0.1, 0.15) is 5.56 Å². The van der Waals surface area contributed by atoms with E-state index in [1.54, 1.807) is 21.7 Å². The second-order valence-electron chi connectivity index (χ2n) is 7.26. The van der Waals surface area contributed by atoms with E-state index >= 15 is 0 Å². The maximum atomic E-state index is 12.9. The Bertz CT molecular complexity index is 872. The maximum absolute atomic E-state index is 12.9. The van der Waals surface area contributed by atoms with E-state index in [1.807, 2.05) is 19.4 Å². The molecule has 27 heavy (non-hydrogen) atoms. The summed E-state index contributed by atoms with van der Waals surface area (Å²) < 4.78 is 1.78. The molecule has 0 spiro atoms. The van der Waals surface area contributed by atoms with Crippen molar-refractivity contribution in [2.24, 2.45) is 7.05 Å². The number of anilines is 1. The third-order valence-corrected chi connectivity index (χ3v) is 5.49. The Morgan fingerprint density at radius 1 is 1.22 bits per heavy atom. The van der Waals surface area contributed by atoms with Gasteiger partial charge in [0.25, 0.3) is 11.6 Å². The Morgan fingerprint density at radius 2 is 2.00 bits per heavy atom. The van der Waals surface area contributed by atoms with Crippen LogP contribution in [0.2, 0.25) is 0 Å². The van der Waals surface area contributed by atoms with Crippen LogP contribution in [0.1, 0.15) is 47.6 Å². The van der Waals surface area contributed by atoms with Crippen LogP contribution in [0.4, 0.5) is 11.4 Å². The number of carbonyl (C=O) groups excluding carboxylic acids is 1. The number of hydrogen-bond acceptors (Lipinski definition) is 5. The summed E-state index contributed by atoms with van der Waals surface area (Å²) in [5, 5.41) is 15.7. The van der Waals surface area contributed by atoms with Crippen molar-refractivity contribution in [2.75, 3.05) is 24.5 Å². The number of nitrogens with zero attached hydrogens (tertiary/aromatic N) is 5. The fourth-order valence-electron chi connectivity index (χ4n) is 4.16. The average Bonchev–Trinajstić information content (AvgIpc) is 3.41. The zero-order chi connectivity index (χ0) is 19.0. The molecule has 1 aromatic carbocycles. The van der Waals surface area contributed by atoms with Gasteiger partial charge >= 0.3 is 0 Å². The van der Waals surface area contributed by atoms with Gasteiger partial charge in [-0.1, -0.05) is 0 Å². The van der Waals surface area contributed by atoms with Crippen LogP contribution in [0.25, 0.3) is 0 Å². The molecule has 2 aromatic rings. The lowest BCUT2D eigenvalue weighted by Crippen LogP contribution is -2.29. The molecule has 1 aromatic heterocycles.